The lowest BCUT2D eigenvalue weighted by atomic mass is 10.0. The SMILES string of the molecule is CNCCc1ccccc1C(=O)N(C)Cc1ncc[nH]1. The number of imidazole rings is 1. The van der Waals surface area contributed by atoms with Crippen LogP contribution >= 0.6 is 0 Å². The molecule has 0 spiro atoms. The van der Waals surface area contributed by atoms with Crippen LogP contribution in [0.4, 0.5) is 0 Å². The van der Waals surface area contributed by atoms with Crippen LogP contribution in [0.15, 0.2) is 36.7 Å². The molecule has 5 nitrogen and oxygen atoms in total. The summed E-state index contributed by atoms with van der Waals surface area (Å²) in [5, 5.41) is 3.11. The first-order valence-corrected chi connectivity index (χ1v) is 6.68. The highest BCUT2D eigenvalue weighted by atomic mass is 16.2. The van der Waals surface area contributed by atoms with Crippen LogP contribution in [0.3, 0.4) is 0 Å². The van der Waals surface area contributed by atoms with E-state index in [2.05, 4.69) is 15.3 Å². The van der Waals surface area contributed by atoms with Crippen molar-refractivity contribution < 1.29 is 4.79 Å². The lowest BCUT2D eigenvalue weighted by Gasteiger charge is -2.18. The molecule has 2 aromatic rings. The largest absolute Gasteiger partial charge is 0.347 e. The fourth-order valence-electron chi connectivity index (χ4n) is 2.09. The number of H-pyrrole nitrogens is 1. The minimum atomic E-state index is 0.0214. The van der Waals surface area contributed by atoms with E-state index in [-0.39, 0.29) is 5.91 Å². The van der Waals surface area contributed by atoms with Crippen molar-refractivity contribution in [1.82, 2.24) is 20.2 Å². The lowest BCUT2D eigenvalue weighted by Crippen LogP contribution is -2.28. The van der Waals surface area contributed by atoms with Gasteiger partial charge in [-0.1, -0.05) is 18.2 Å². The van der Waals surface area contributed by atoms with Gasteiger partial charge in [0.2, 0.25) is 0 Å². The molecule has 0 saturated heterocycles. The molecule has 2 N–H and O–H groups in total. The molecule has 1 amide bonds. The topological polar surface area (TPSA) is 61.0 Å². The van der Waals surface area contributed by atoms with Crippen molar-refractivity contribution in [2.24, 2.45) is 0 Å². The van der Waals surface area contributed by atoms with Crippen molar-refractivity contribution in [3.63, 3.8) is 0 Å². The molecule has 0 aliphatic carbocycles. The molecule has 5 heteroatoms. The Hall–Kier alpha value is -2.14. The third-order valence-electron chi connectivity index (χ3n) is 3.18. The zero-order valence-corrected chi connectivity index (χ0v) is 11.9. The van der Waals surface area contributed by atoms with Gasteiger partial charge in [0.1, 0.15) is 5.82 Å². The average Bonchev–Trinajstić information content (AvgIpc) is 2.97. The van der Waals surface area contributed by atoms with Gasteiger partial charge in [-0.2, -0.15) is 0 Å². The van der Waals surface area contributed by atoms with Crippen LogP contribution in [-0.4, -0.2) is 41.4 Å². The second-order valence-electron chi connectivity index (χ2n) is 4.71. The second kappa shape index (κ2) is 6.86. The number of benzene rings is 1. The number of nitrogens with zero attached hydrogens (tertiary/aromatic N) is 2. The molecule has 0 unspecified atom stereocenters. The van der Waals surface area contributed by atoms with E-state index in [1.165, 1.54) is 0 Å². The number of rotatable bonds is 6. The minimum Gasteiger partial charge on any atom is -0.347 e. The van der Waals surface area contributed by atoms with Crippen LogP contribution in [0.25, 0.3) is 0 Å². The van der Waals surface area contributed by atoms with Crippen LogP contribution in [-0.2, 0) is 13.0 Å². The van der Waals surface area contributed by atoms with E-state index in [1.807, 2.05) is 31.3 Å². The summed E-state index contributed by atoms with van der Waals surface area (Å²) in [4.78, 5) is 21.3. The highest BCUT2D eigenvalue weighted by molar-refractivity contribution is 5.95. The molecule has 1 aromatic heterocycles. The zero-order valence-electron chi connectivity index (χ0n) is 11.9. The number of carbonyl (C=O) groups is 1. The van der Waals surface area contributed by atoms with Crippen LogP contribution in [0.1, 0.15) is 21.7 Å². The van der Waals surface area contributed by atoms with Gasteiger partial charge in [0.15, 0.2) is 0 Å². The van der Waals surface area contributed by atoms with Crippen molar-refractivity contribution >= 4 is 5.91 Å². The normalized spacial score (nSPS) is 10.5. The predicted octanol–water partition coefficient (Wildman–Crippen LogP) is 1.44. The molecule has 0 aliphatic heterocycles. The predicted molar refractivity (Wildman–Crippen MR) is 78.5 cm³/mol. The summed E-state index contributed by atoms with van der Waals surface area (Å²) >= 11 is 0. The first kappa shape index (κ1) is 14.3. The summed E-state index contributed by atoms with van der Waals surface area (Å²) in [7, 11) is 3.70. The van der Waals surface area contributed by atoms with E-state index in [9.17, 15) is 4.79 Å². The molecule has 0 radical (unpaired) electrons. The number of aromatic amines is 1. The Bertz CT molecular complexity index is 551. The Morgan fingerprint density at radius 1 is 1.40 bits per heavy atom. The number of likely N-dealkylation sites (N-methyl/N-ethyl adjacent to an activating group) is 1. The smallest absolute Gasteiger partial charge is 0.254 e. The number of carbonyl (C=O) groups excluding carboxylic acids is 1. The standard InChI is InChI=1S/C15H20N4O/c1-16-8-7-12-5-3-4-6-13(12)15(20)19(2)11-14-17-9-10-18-14/h3-6,9-10,16H,7-8,11H2,1-2H3,(H,17,18). The first-order valence-electron chi connectivity index (χ1n) is 6.68. The van der Waals surface area contributed by atoms with E-state index in [0.29, 0.717) is 6.54 Å². The molecule has 1 aromatic carbocycles. The van der Waals surface area contributed by atoms with Crippen molar-refractivity contribution in [1.29, 1.82) is 0 Å². The van der Waals surface area contributed by atoms with Crippen molar-refractivity contribution in [3.8, 4) is 0 Å². The molecule has 0 aliphatic rings. The Labute approximate surface area is 119 Å². The summed E-state index contributed by atoms with van der Waals surface area (Å²) in [6, 6.07) is 7.75. The molecule has 1 heterocycles. The van der Waals surface area contributed by atoms with Crippen molar-refractivity contribution in [2.45, 2.75) is 13.0 Å². The third kappa shape index (κ3) is 3.45. The number of hydrogen-bond donors (Lipinski definition) is 2. The summed E-state index contributed by atoms with van der Waals surface area (Å²) < 4.78 is 0. The van der Waals surface area contributed by atoms with Crippen LogP contribution in [0.2, 0.25) is 0 Å². The van der Waals surface area contributed by atoms with Gasteiger partial charge in [0.05, 0.1) is 6.54 Å². The van der Waals surface area contributed by atoms with E-state index >= 15 is 0 Å². The lowest BCUT2D eigenvalue weighted by molar-refractivity contribution is 0.0781. The summed E-state index contributed by atoms with van der Waals surface area (Å²) in [5.74, 6) is 0.807. The Kier molecular flexibility index (Phi) is 4.90. The maximum atomic E-state index is 12.5. The maximum Gasteiger partial charge on any atom is 0.254 e. The molecule has 0 saturated carbocycles. The summed E-state index contributed by atoms with van der Waals surface area (Å²) in [6.45, 7) is 1.33. The van der Waals surface area contributed by atoms with Gasteiger partial charge in [-0.15, -0.1) is 0 Å². The van der Waals surface area contributed by atoms with Crippen LogP contribution in [0, 0.1) is 0 Å². The van der Waals surface area contributed by atoms with Gasteiger partial charge in [0.25, 0.3) is 5.91 Å². The Morgan fingerprint density at radius 3 is 2.90 bits per heavy atom. The monoisotopic (exact) mass is 272 g/mol. The van der Waals surface area contributed by atoms with Gasteiger partial charge < -0.3 is 15.2 Å². The quantitative estimate of drug-likeness (QED) is 0.836. The summed E-state index contributed by atoms with van der Waals surface area (Å²) in [5.41, 5.74) is 1.83. The van der Waals surface area contributed by atoms with E-state index in [0.717, 1.165) is 29.9 Å². The fraction of sp³-hybridized carbons (Fsp3) is 0.333. The van der Waals surface area contributed by atoms with Gasteiger partial charge in [-0.25, -0.2) is 4.98 Å². The molecule has 106 valence electrons. The highest BCUT2D eigenvalue weighted by Gasteiger charge is 2.15. The Morgan fingerprint density at radius 2 is 2.20 bits per heavy atom. The maximum absolute atomic E-state index is 12.5. The van der Waals surface area contributed by atoms with Gasteiger partial charge in [-0.3, -0.25) is 4.79 Å². The van der Waals surface area contributed by atoms with E-state index < -0.39 is 0 Å². The molecule has 20 heavy (non-hydrogen) atoms. The number of hydrogen-bond acceptors (Lipinski definition) is 3. The molecular formula is C15H20N4O. The first-order chi connectivity index (χ1) is 9.72. The molecule has 0 fully saturated rings. The minimum absolute atomic E-state index is 0.0214. The molecule has 0 atom stereocenters. The van der Waals surface area contributed by atoms with Gasteiger partial charge in [-0.05, 0) is 31.6 Å². The van der Waals surface area contributed by atoms with Crippen molar-refractivity contribution in [2.75, 3.05) is 20.6 Å². The van der Waals surface area contributed by atoms with Crippen LogP contribution < -0.4 is 5.32 Å². The van der Waals surface area contributed by atoms with Gasteiger partial charge in [0, 0.05) is 25.0 Å². The highest BCUT2D eigenvalue weighted by Crippen LogP contribution is 2.13. The summed E-state index contributed by atoms with van der Waals surface area (Å²) in [6.07, 6.45) is 4.29. The van der Waals surface area contributed by atoms with Gasteiger partial charge >= 0.3 is 0 Å². The van der Waals surface area contributed by atoms with E-state index in [4.69, 9.17) is 0 Å². The number of aromatic nitrogens is 2. The average molecular weight is 272 g/mol. The van der Waals surface area contributed by atoms with Crippen molar-refractivity contribution in [3.05, 3.63) is 53.6 Å². The third-order valence-corrected chi connectivity index (χ3v) is 3.18. The number of nitrogens with one attached hydrogen (secondary N) is 2. The van der Waals surface area contributed by atoms with Crippen LogP contribution in [0.5, 0.6) is 0 Å². The second-order valence-corrected chi connectivity index (χ2v) is 4.71. The Balaban J connectivity index is 2.11. The zero-order chi connectivity index (χ0) is 14.4. The fourth-order valence-corrected chi connectivity index (χ4v) is 2.09. The van der Waals surface area contributed by atoms with E-state index in [1.54, 1.807) is 24.3 Å². The molecular weight excluding hydrogens is 252 g/mol. The molecule has 2 rings (SSSR count). The molecule has 0 bridgehead atoms. The number of amides is 1.